The van der Waals surface area contributed by atoms with E-state index in [-0.39, 0.29) is 30.9 Å². The van der Waals surface area contributed by atoms with Gasteiger partial charge in [-0.3, -0.25) is 19.3 Å². The number of carbonyl (C=O) groups excluding carboxylic acids is 3. The smallest absolute Gasteiger partial charge is 0.262 e. The number of nitrogens with one attached hydrogen (secondary N) is 2. The van der Waals surface area contributed by atoms with Gasteiger partial charge in [-0.2, -0.15) is 0 Å². The second kappa shape index (κ2) is 7.38. The lowest BCUT2D eigenvalue weighted by Crippen LogP contribution is -2.44. The van der Waals surface area contributed by atoms with Crippen LogP contribution >= 0.6 is 12.4 Å². The molecule has 0 radical (unpaired) electrons. The van der Waals surface area contributed by atoms with Crippen LogP contribution < -0.4 is 10.6 Å². The van der Waals surface area contributed by atoms with E-state index in [0.717, 1.165) is 10.5 Å². The van der Waals surface area contributed by atoms with Crippen LogP contribution in [0.5, 0.6) is 0 Å². The fraction of sp³-hybridized carbons (Fsp3) is 0.400. The number of benzene rings is 1. The van der Waals surface area contributed by atoms with Gasteiger partial charge in [-0.05, 0) is 33.0 Å². The summed E-state index contributed by atoms with van der Waals surface area (Å²) in [5.41, 5.74) is 1.64. The van der Waals surface area contributed by atoms with Crippen LogP contribution in [0, 0.1) is 6.92 Å². The number of aryl methyl sites for hydroxylation is 1. The minimum Gasteiger partial charge on any atom is -0.353 e. The summed E-state index contributed by atoms with van der Waals surface area (Å²) in [4.78, 5) is 37.2. The standard InChI is InChI=1S/C15H19N3O3.ClH/c1-9-4-5-11-12(6-9)15(21)18(14(11)20)8-13(19)17-7-10(2)16-3;/h4-6,10,16H,7-8H2,1-3H3,(H,17,19);1H. The Morgan fingerprint density at radius 2 is 1.86 bits per heavy atom. The number of halogens is 1. The van der Waals surface area contributed by atoms with Crippen LogP contribution in [0.4, 0.5) is 0 Å². The summed E-state index contributed by atoms with van der Waals surface area (Å²) >= 11 is 0. The molecule has 0 aliphatic carbocycles. The molecule has 1 aromatic rings. The number of fused-ring (bicyclic) bond motifs is 1. The molecule has 7 heteroatoms. The Hall–Kier alpha value is -1.92. The molecule has 1 aliphatic rings. The summed E-state index contributed by atoms with van der Waals surface area (Å²) in [5.74, 6) is -1.16. The summed E-state index contributed by atoms with van der Waals surface area (Å²) in [6, 6.07) is 5.21. The molecule has 1 aliphatic heterocycles. The van der Waals surface area contributed by atoms with Crippen molar-refractivity contribution in [2.24, 2.45) is 0 Å². The van der Waals surface area contributed by atoms with Gasteiger partial charge in [-0.1, -0.05) is 11.6 Å². The monoisotopic (exact) mass is 325 g/mol. The predicted molar refractivity (Wildman–Crippen MR) is 85.3 cm³/mol. The normalized spacial score (nSPS) is 14.4. The highest BCUT2D eigenvalue weighted by atomic mass is 35.5. The van der Waals surface area contributed by atoms with Gasteiger partial charge in [-0.25, -0.2) is 0 Å². The number of carbonyl (C=O) groups is 3. The molecule has 0 saturated heterocycles. The largest absolute Gasteiger partial charge is 0.353 e. The Morgan fingerprint density at radius 3 is 2.50 bits per heavy atom. The molecule has 1 atom stereocenters. The van der Waals surface area contributed by atoms with Crippen molar-refractivity contribution in [2.75, 3.05) is 20.1 Å². The lowest BCUT2D eigenvalue weighted by Gasteiger charge is -2.15. The van der Waals surface area contributed by atoms with Crippen LogP contribution in [-0.2, 0) is 4.79 Å². The molecular weight excluding hydrogens is 306 g/mol. The Labute approximate surface area is 135 Å². The number of imide groups is 1. The average molecular weight is 326 g/mol. The molecular formula is C15H20ClN3O3. The summed E-state index contributed by atoms with van der Waals surface area (Å²) in [7, 11) is 1.79. The zero-order valence-electron chi connectivity index (χ0n) is 12.8. The SMILES string of the molecule is CNC(C)CNC(=O)CN1C(=O)c2ccc(C)cc2C1=O.Cl. The van der Waals surface area contributed by atoms with E-state index < -0.39 is 11.8 Å². The first kappa shape index (κ1) is 18.1. The van der Waals surface area contributed by atoms with Gasteiger partial charge in [0.05, 0.1) is 11.1 Å². The lowest BCUT2D eigenvalue weighted by atomic mass is 10.1. The molecule has 3 amide bonds. The summed E-state index contributed by atoms with van der Waals surface area (Å²) in [6.45, 7) is 3.97. The van der Waals surface area contributed by atoms with Crippen LogP contribution in [-0.4, -0.2) is 48.8 Å². The van der Waals surface area contributed by atoms with Crippen molar-refractivity contribution in [3.63, 3.8) is 0 Å². The number of hydrogen-bond donors (Lipinski definition) is 2. The Kier molecular flexibility index (Phi) is 6.08. The number of amides is 3. The van der Waals surface area contributed by atoms with Crippen LogP contribution in [0.1, 0.15) is 33.2 Å². The summed E-state index contributed by atoms with van der Waals surface area (Å²) in [5, 5.41) is 5.68. The molecule has 1 heterocycles. The highest BCUT2D eigenvalue weighted by molar-refractivity contribution is 6.22. The average Bonchev–Trinajstić information content (AvgIpc) is 2.69. The van der Waals surface area contributed by atoms with Crippen LogP contribution in [0.3, 0.4) is 0 Å². The molecule has 0 fully saturated rings. The van der Waals surface area contributed by atoms with Crippen molar-refractivity contribution >= 4 is 30.1 Å². The van der Waals surface area contributed by atoms with E-state index in [0.29, 0.717) is 17.7 Å². The van der Waals surface area contributed by atoms with Crippen LogP contribution in [0.2, 0.25) is 0 Å². The molecule has 2 N–H and O–H groups in total. The minimum absolute atomic E-state index is 0. The lowest BCUT2D eigenvalue weighted by molar-refractivity contribution is -0.121. The van der Waals surface area contributed by atoms with Gasteiger partial charge < -0.3 is 10.6 Å². The fourth-order valence-electron chi connectivity index (χ4n) is 2.12. The molecule has 0 spiro atoms. The van der Waals surface area contributed by atoms with Gasteiger partial charge in [0.15, 0.2) is 0 Å². The minimum atomic E-state index is -0.410. The van der Waals surface area contributed by atoms with Crippen molar-refractivity contribution in [1.82, 2.24) is 15.5 Å². The third-order valence-electron chi connectivity index (χ3n) is 3.53. The zero-order valence-corrected chi connectivity index (χ0v) is 13.6. The second-order valence-electron chi connectivity index (χ2n) is 5.24. The predicted octanol–water partition coefficient (Wildman–Crippen LogP) is 0.737. The van der Waals surface area contributed by atoms with Crippen LogP contribution in [0.25, 0.3) is 0 Å². The van der Waals surface area contributed by atoms with E-state index in [1.807, 2.05) is 13.8 Å². The van der Waals surface area contributed by atoms with E-state index in [9.17, 15) is 14.4 Å². The van der Waals surface area contributed by atoms with Gasteiger partial charge in [0, 0.05) is 12.6 Å². The number of likely N-dealkylation sites (N-methyl/N-ethyl adjacent to an activating group) is 1. The van der Waals surface area contributed by atoms with E-state index in [1.165, 1.54) is 0 Å². The second-order valence-corrected chi connectivity index (χ2v) is 5.24. The number of rotatable bonds is 5. The Balaban J connectivity index is 0.00000242. The summed E-state index contributed by atoms with van der Waals surface area (Å²) < 4.78 is 0. The summed E-state index contributed by atoms with van der Waals surface area (Å²) in [6.07, 6.45) is 0. The Morgan fingerprint density at radius 1 is 1.23 bits per heavy atom. The molecule has 1 unspecified atom stereocenters. The molecule has 0 saturated carbocycles. The van der Waals surface area contributed by atoms with Gasteiger partial charge >= 0.3 is 0 Å². The molecule has 0 aromatic heterocycles. The first-order valence-corrected chi connectivity index (χ1v) is 6.85. The fourth-order valence-corrected chi connectivity index (χ4v) is 2.12. The maximum absolute atomic E-state index is 12.2. The molecule has 1 aromatic carbocycles. The Bertz CT molecular complexity index is 604. The first-order valence-electron chi connectivity index (χ1n) is 6.85. The van der Waals surface area contributed by atoms with Crippen molar-refractivity contribution in [3.8, 4) is 0 Å². The van der Waals surface area contributed by atoms with Gasteiger partial charge in [-0.15, -0.1) is 12.4 Å². The maximum atomic E-state index is 12.2. The molecule has 6 nitrogen and oxygen atoms in total. The first-order chi connectivity index (χ1) is 9.93. The maximum Gasteiger partial charge on any atom is 0.262 e. The van der Waals surface area contributed by atoms with E-state index in [4.69, 9.17) is 0 Å². The van der Waals surface area contributed by atoms with Crippen LogP contribution in [0.15, 0.2) is 18.2 Å². The molecule has 22 heavy (non-hydrogen) atoms. The molecule has 120 valence electrons. The van der Waals surface area contributed by atoms with E-state index in [2.05, 4.69) is 10.6 Å². The van der Waals surface area contributed by atoms with Gasteiger partial charge in [0.25, 0.3) is 11.8 Å². The van der Waals surface area contributed by atoms with Crippen molar-refractivity contribution < 1.29 is 14.4 Å². The van der Waals surface area contributed by atoms with Gasteiger partial charge in [0.2, 0.25) is 5.91 Å². The zero-order chi connectivity index (χ0) is 15.6. The third-order valence-corrected chi connectivity index (χ3v) is 3.53. The quantitative estimate of drug-likeness (QED) is 0.783. The number of hydrogen-bond acceptors (Lipinski definition) is 4. The van der Waals surface area contributed by atoms with Crippen molar-refractivity contribution in [3.05, 3.63) is 34.9 Å². The van der Waals surface area contributed by atoms with E-state index >= 15 is 0 Å². The van der Waals surface area contributed by atoms with Crippen molar-refractivity contribution in [1.29, 1.82) is 0 Å². The van der Waals surface area contributed by atoms with Gasteiger partial charge in [0.1, 0.15) is 6.54 Å². The van der Waals surface area contributed by atoms with Crippen molar-refractivity contribution in [2.45, 2.75) is 19.9 Å². The highest BCUT2D eigenvalue weighted by Crippen LogP contribution is 2.23. The molecule has 0 bridgehead atoms. The topological polar surface area (TPSA) is 78.5 Å². The third kappa shape index (κ3) is 3.64. The highest BCUT2D eigenvalue weighted by Gasteiger charge is 2.36. The number of nitrogens with zero attached hydrogens (tertiary/aromatic N) is 1. The van der Waals surface area contributed by atoms with E-state index in [1.54, 1.807) is 25.2 Å². The molecule has 2 rings (SSSR count).